The lowest BCUT2D eigenvalue weighted by atomic mass is 9.84. The molecule has 0 unspecified atom stereocenters. The number of carboxylic acids is 1. The number of nitrogens with one attached hydrogen (secondary N) is 2. The first-order valence-corrected chi connectivity index (χ1v) is 6.96. The molecule has 3 saturated heterocycles. The largest absolute Gasteiger partial charge is 0.478 e. The Bertz CT molecular complexity index is 617. The van der Waals surface area contributed by atoms with Crippen molar-refractivity contribution in [3.05, 3.63) is 11.6 Å². The molecule has 3 rings (SSSR count). The molecule has 24 heavy (non-hydrogen) atoms. The second kappa shape index (κ2) is 5.79. The van der Waals surface area contributed by atoms with E-state index in [1.54, 1.807) is 0 Å². The van der Waals surface area contributed by atoms with E-state index in [1.807, 2.05) is 10.6 Å². The van der Waals surface area contributed by atoms with Gasteiger partial charge in [0.15, 0.2) is 0 Å². The van der Waals surface area contributed by atoms with Crippen LogP contribution in [0.3, 0.4) is 0 Å². The van der Waals surface area contributed by atoms with Crippen LogP contribution in [0.15, 0.2) is 11.6 Å². The third-order valence-electron chi connectivity index (χ3n) is 4.02. The number of aliphatic carboxylic acids is 1. The summed E-state index contributed by atoms with van der Waals surface area (Å²) in [5.41, 5.74) is -7.62. The number of rotatable bonds is 4. The van der Waals surface area contributed by atoms with Gasteiger partial charge in [0.25, 0.3) is 17.5 Å². The van der Waals surface area contributed by atoms with Crippen molar-refractivity contribution in [2.75, 3.05) is 13.2 Å². The van der Waals surface area contributed by atoms with Crippen LogP contribution in [0.5, 0.6) is 0 Å². The molecule has 0 aliphatic carbocycles. The van der Waals surface area contributed by atoms with Crippen LogP contribution in [0.1, 0.15) is 13.3 Å². The zero-order valence-corrected chi connectivity index (χ0v) is 12.6. The summed E-state index contributed by atoms with van der Waals surface area (Å²) in [6.45, 7) is -0.283. The second-order valence-corrected chi connectivity index (χ2v) is 5.88. The van der Waals surface area contributed by atoms with Crippen LogP contribution >= 0.6 is 0 Å². The van der Waals surface area contributed by atoms with E-state index in [0.717, 1.165) is 6.92 Å². The first kappa shape index (κ1) is 18.3. The molecule has 3 aliphatic heterocycles. The minimum Gasteiger partial charge on any atom is -0.478 e. The van der Waals surface area contributed by atoms with Crippen molar-refractivity contribution >= 4 is 17.8 Å². The minimum absolute atomic E-state index is 0.244. The van der Waals surface area contributed by atoms with Crippen molar-refractivity contribution in [1.29, 1.82) is 0 Å². The fraction of sp³-hybridized carbons (Fsp3) is 0.615. The monoisotopic (exact) mass is 346 g/mol. The Balaban J connectivity index is 2.49. The highest BCUT2D eigenvalue weighted by Crippen LogP contribution is 2.33. The van der Waals surface area contributed by atoms with Gasteiger partial charge in [0.05, 0.1) is 13.2 Å². The molecule has 3 heterocycles. The Kier molecular flexibility index (Phi) is 4.41. The molecule has 11 heteroatoms. The third-order valence-corrected chi connectivity index (χ3v) is 4.02. The summed E-state index contributed by atoms with van der Waals surface area (Å²) < 4.78 is 5.24. The number of carbonyl (C=O) groups is 3. The third kappa shape index (κ3) is 2.65. The molecule has 2 amide bonds. The molecule has 3 fully saturated rings. The molecule has 0 aromatic rings. The van der Waals surface area contributed by atoms with Crippen molar-refractivity contribution < 1.29 is 44.7 Å². The maximum Gasteiger partial charge on any atom is 0.328 e. The number of ether oxygens (including phenoxy) is 1. The molecule has 134 valence electrons. The van der Waals surface area contributed by atoms with Crippen LogP contribution < -0.4 is 10.6 Å². The SMILES string of the molecule is C[C@](O)(CO)[C@H](O)[C@@]12NC(=O)[C@@](O)(NC1=O)C(=CC(=O)O)CCO2. The van der Waals surface area contributed by atoms with Crippen molar-refractivity contribution in [2.45, 2.75) is 36.5 Å². The number of piperazine rings is 1. The van der Waals surface area contributed by atoms with E-state index in [2.05, 4.69) is 0 Å². The van der Waals surface area contributed by atoms with Crippen molar-refractivity contribution in [3.8, 4) is 0 Å². The van der Waals surface area contributed by atoms with Gasteiger partial charge in [-0.15, -0.1) is 0 Å². The number of hydrogen-bond acceptors (Lipinski definition) is 8. The summed E-state index contributed by atoms with van der Waals surface area (Å²) in [4.78, 5) is 35.5. The molecular weight excluding hydrogens is 328 g/mol. The number of amides is 2. The maximum atomic E-state index is 12.4. The van der Waals surface area contributed by atoms with Gasteiger partial charge in [-0.1, -0.05) is 0 Å². The molecule has 2 bridgehead atoms. The van der Waals surface area contributed by atoms with E-state index in [9.17, 15) is 29.7 Å². The van der Waals surface area contributed by atoms with Crippen LogP contribution in [-0.4, -0.2) is 79.7 Å². The van der Waals surface area contributed by atoms with Gasteiger partial charge in [-0.2, -0.15) is 0 Å². The maximum absolute atomic E-state index is 12.4. The van der Waals surface area contributed by atoms with Crippen LogP contribution in [0.4, 0.5) is 0 Å². The average Bonchev–Trinajstić information content (AvgIpc) is 2.49. The van der Waals surface area contributed by atoms with Gasteiger partial charge in [0, 0.05) is 11.6 Å². The summed E-state index contributed by atoms with van der Waals surface area (Å²) in [5, 5.41) is 52.6. The summed E-state index contributed by atoms with van der Waals surface area (Å²) in [6.07, 6.45) is -1.75. The lowest BCUT2D eigenvalue weighted by Gasteiger charge is -2.49. The molecule has 11 nitrogen and oxygen atoms in total. The van der Waals surface area contributed by atoms with Crippen molar-refractivity contribution in [3.63, 3.8) is 0 Å². The fourth-order valence-corrected chi connectivity index (χ4v) is 2.58. The highest BCUT2D eigenvalue weighted by atomic mass is 16.5. The molecule has 4 atom stereocenters. The van der Waals surface area contributed by atoms with E-state index < -0.39 is 47.5 Å². The molecular formula is C13H18N2O9. The highest BCUT2D eigenvalue weighted by molar-refractivity contribution is 6.03. The van der Waals surface area contributed by atoms with Gasteiger partial charge in [-0.05, 0) is 13.3 Å². The van der Waals surface area contributed by atoms with E-state index in [1.165, 1.54) is 0 Å². The van der Waals surface area contributed by atoms with Crippen LogP contribution in [0.25, 0.3) is 0 Å². The van der Waals surface area contributed by atoms with E-state index >= 15 is 0 Å². The van der Waals surface area contributed by atoms with Crippen LogP contribution in [-0.2, 0) is 19.1 Å². The molecule has 0 aromatic heterocycles. The molecule has 0 spiro atoms. The summed E-state index contributed by atoms with van der Waals surface area (Å²) >= 11 is 0. The predicted octanol–water partition coefficient (Wildman–Crippen LogP) is -3.85. The zero-order valence-electron chi connectivity index (χ0n) is 12.6. The molecule has 3 aliphatic rings. The lowest BCUT2D eigenvalue weighted by molar-refractivity contribution is -0.230. The lowest BCUT2D eigenvalue weighted by Crippen LogP contribution is -2.82. The van der Waals surface area contributed by atoms with Gasteiger partial charge < -0.3 is 40.9 Å². The Morgan fingerprint density at radius 1 is 1.42 bits per heavy atom. The summed E-state index contributed by atoms with van der Waals surface area (Å²) in [5.74, 6) is -3.90. The quantitative estimate of drug-likeness (QED) is 0.250. The smallest absolute Gasteiger partial charge is 0.328 e. The first-order valence-electron chi connectivity index (χ1n) is 6.96. The summed E-state index contributed by atoms with van der Waals surface area (Å²) in [6, 6.07) is 0. The zero-order chi connectivity index (χ0) is 18.3. The number of carboxylic acid groups (broad SMARTS) is 1. The minimum atomic E-state index is -2.63. The topological polar surface area (TPSA) is 186 Å². The van der Waals surface area contributed by atoms with E-state index in [4.69, 9.17) is 14.9 Å². The highest BCUT2D eigenvalue weighted by Gasteiger charge is 2.63. The number of carbonyl (C=O) groups excluding carboxylic acids is 2. The molecule has 0 saturated carbocycles. The van der Waals surface area contributed by atoms with E-state index in [0.29, 0.717) is 6.08 Å². The molecule has 0 aromatic carbocycles. The van der Waals surface area contributed by atoms with Gasteiger partial charge in [0.2, 0.25) is 5.72 Å². The van der Waals surface area contributed by atoms with Gasteiger partial charge in [0.1, 0.15) is 11.7 Å². The van der Waals surface area contributed by atoms with Crippen LogP contribution in [0, 0.1) is 0 Å². The first-order chi connectivity index (χ1) is 11.0. The Labute approximate surface area is 135 Å². The number of aliphatic hydroxyl groups is 4. The average molecular weight is 346 g/mol. The predicted molar refractivity (Wildman–Crippen MR) is 74.0 cm³/mol. The van der Waals surface area contributed by atoms with Gasteiger partial charge >= 0.3 is 5.97 Å². The number of hydrogen-bond donors (Lipinski definition) is 7. The Morgan fingerprint density at radius 2 is 2.04 bits per heavy atom. The summed E-state index contributed by atoms with van der Waals surface area (Å²) in [7, 11) is 0. The standard InChI is InChI=1S/C13H18N2O9/c1-11(22,5-16)8(19)13-10(21)14-12(23,9(20)15-13)6(2-3-24-13)4-7(17)18/h4,8,16,19,22-23H,2-3,5H2,1H3,(H,14,21)(H,15,20)(H,17,18)/t8-,11-,12+,13-/m0/s1. The number of fused-ring (bicyclic) bond motifs is 5. The Hall–Kier alpha value is -2.05. The second-order valence-electron chi connectivity index (χ2n) is 5.88. The van der Waals surface area contributed by atoms with Crippen LogP contribution in [0.2, 0.25) is 0 Å². The number of aliphatic hydroxyl groups excluding tert-OH is 2. The molecule has 0 radical (unpaired) electrons. The molecule has 7 N–H and O–H groups in total. The van der Waals surface area contributed by atoms with Crippen molar-refractivity contribution in [2.24, 2.45) is 0 Å². The van der Waals surface area contributed by atoms with Gasteiger partial charge in [-0.3, -0.25) is 9.59 Å². The van der Waals surface area contributed by atoms with Gasteiger partial charge in [-0.25, -0.2) is 4.79 Å². The van der Waals surface area contributed by atoms with E-state index in [-0.39, 0.29) is 18.6 Å². The normalized spacial score (nSPS) is 35.5. The Morgan fingerprint density at radius 3 is 2.58 bits per heavy atom. The fourth-order valence-electron chi connectivity index (χ4n) is 2.58. The van der Waals surface area contributed by atoms with Crippen molar-refractivity contribution in [1.82, 2.24) is 10.6 Å².